The molecule has 1 N–H and O–H groups in total. The van der Waals surface area contributed by atoms with Crippen molar-refractivity contribution in [2.24, 2.45) is 0 Å². The summed E-state index contributed by atoms with van der Waals surface area (Å²) >= 11 is 1.07. The fourth-order valence-corrected chi connectivity index (χ4v) is 3.48. The van der Waals surface area contributed by atoms with Gasteiger partial charge in [0.1, 0.15) is 4.21 Å². The molecule has 0 fully saturated rings. The van der Waals surface area contributed by atoms with Crippen molar-refractivity contribution < 1.29 is 13.2 Å². The van der Waals surface area contributed by atoms with Crippen molar-refractivity contribution in [1.29, 1.82) is 0 Å². The number of rotatable bonds is 5. The first-order valence-corrected chi connectivity index (χ1v) is 7.92. The second-order valence-electron chi connectivity index (χ2n) is 3.99. The molecule has 1 amide bonds. The first-order valence-electron chi connectivity index (χ1n) is 5.55. The SMILES string of the molecule is Cc1cnn(CCC(=O)NS(=O)(=O)c2cccs2)c1. The van der Waals surface area contributed by atoms with Crippen LogP contribution in [0.4, 0.5) is 0 Å². The van der Waals surface area contributed by atoms with E-state index in [1.807, 2.05) is 11.6 Å². The van der Waals surface area contributed by atoms with Gasteiger partial charge in [0.2, 0.25) is 5.91 Å². The largest absolute Gasteiger partial charge is 0.274 e. The van der Waals surface area contributed by atoms with Crippen LogP contribution in [0.5, 0.6) is 0 Å². The van der Waals surface area contributed by atoms with E-state index in [-0.39, 0.29) is 10.6 Å². The molecular weight excluding hydrogens is 286 g/mol. The van der Waals surface area contributed by atoms with Gasteiger partial charge in [-0.15, -0.1) is 11.3 Å². The van der Waals surface area contributed by atoms with E-state index in [4.69, 9.17) is 0 Å². The maximum Gasteiger partial charge on any atom is 0.273 e. The van der Waals surface area contributed by atoms with Crippen LogP contribution in [0.25, 0.3) is 0 Å². The number of hydrogen-bond donors (Lipinski definition) is 1. The van der Waals surface area contributed by atoms with Gasteiger partial charge in [-0.05, 0) is 23.9 Å². The van der Waals surface area contributed by atoms with Crippen LogP contribution >= 0.6 is 11.3 Å². The van der Waals surface area contributed by atoms with Crippen molar-refractivity contribution in [3.63, 3.8) is 0 Å². The zero-order chi connectivity index (χ0) is 13.9. The van der Waals surface area contributed by atoms with Crippen LogP contribution < -0.4 is 4.72 Å². The molecule has 2 heterocycles. The number of nitrogens with zero attached hydrogens (tertiary/aromatic N) is 2. The summed E-state index contributed by atoms with van der Waals surface area (Å²) in [6, 6.07) is 3.08. The van der Waals surface area contributed by atoms with Crippen molar-refractivity contribution in [2.45, 2.75) is 24.1 Å². The van der Waals surface area contributed by atoms with E-state index < -0.39 is 15.9 Å². The fourth-order valence-electron chi connectivity index (χ4n) is 1.47. The van der Waals surface area contributed by atoms with Gasteiger partial charge in [-0.3, -0.25) is 9.48 Å². The Hall–Kier alpha value is -1.67. The monoisotopic (exact) mass is 299 g/mol. The number of aromatic nitrogens is 2. The molecular formula is C11H13N3O3S2. The molecule has 0 saturated heterocycles. The van der Waals surface area contributed by atoms with E-state index in [1.165, 1.54) is 6.07 Å². The van der Waals surface area contributed by atoms with Crippen molar-refractivity contribution in [3.05, 3.63) is 35.5 Å². The first kappa shape index (κ1) is 13.8. The highest BCUT2D eigenvalue weighted by Gasteiger charge is 2.18. The number of nitrogens with one attached hydrogen (secondary N) is 1. The molecule has 0 radical (unpaired) electrons. The van der Waals surface area contributed by atoms with Crippen molar-refractivity contribution >= 4 is 27.3 Å². The summed E-state index contributed by atoms with van der Waals surface area (Å²) in [5, 5.41) is 5.67. The Bertz CT molecular complexity index is 659. The molecule has 2 aromatic rings. The molecule has 0 aliphatic carbocycles. The lowest BCUT2D eigenvalue weighted by Gasteiger charge is -2.05. The van der Waals surface area contributed by atoms with E-state index in [1.54, 1.807) is 28.5 Å². The summed E-state index contributed by atoms with van der Waals surface area (Å²) in [4.78, 5) is 11.6. The third-order valence-electron chi connectivity index (χ3n) is 2.34. The van der Waals surface area contributed by atoms with E-state index in [2.05, 4.69) is 5.10 Å². The van der Waals surface area contributed by atoms with E-state index >= 15 is 0 Å². The van der Waals surface area contributed by atoms with Gasteiger partial charge < -0.3 is 0 Å². The maximum atomic E-state index is 11.8. The van der Waals surface area contributed by atoms with Crippen LogP contribution in [0.1, 0.15) is 12.0 Å². The van der Waals surface area contributed by atoms with Crippen LogP contribution in [0.15, 0.2) is 34.1 Å². The predicted octanol–water partition coefficient (Wildman–Crippen LogP) is 1.15. The number of amides is 1. The standard InChI is InChI=1S/C11H13N3O3S2/c1-9-7-12-14(8-9)5-4-10(15)13-19(16,17)11-3-2-6-18-11/h2-3,6-8H,4-5H2,1H3,(H,13,15). The zero-order valence-electron chi connectivity index (χ0n) is 10.2. The van der Waals surface area contributed by atoms with E-state index in [0.29, 0.717) is 6.54 Å². The zero-order valence-corrected chi connectivity index (χ0v) is 11.9. The number of carbonyl (C=O) groups is 1. The van der Waals surface area contributed by atoms with Crippen LogP contribution in [0, 0.1) is 6.92 Å². The summed E-state index contributed by atoms with van der Waals surface area (Å²) < 4.78 is 27.3. The molecule has 8 heteroatoms. The molecule has 0 bridgehead atoms. The Morgan fingerprint density at radius 1 is 1.53 bits per heavy atom. The van der Waals surface area contributed by atoms with Gasteiger partial charge in [-0.1, -0.05) is 6.07 Å². The minimum absolute atomic E-state index is 0.0612. The van der Waals surface area contributed by atoms with E-state index in [9.17, 15) is 13.2 Å². The minimum atomic E-state index is -3.73. The Morgan fingerprint density at radius 3 is 2.89 bits per heavy atom. The van der Waals surface area contributed by atoms with Gasteiger partial charge in [-0.2, -0.15) is 5.10 Å². The lowest BCUT2D eigenvalue weighted by molar-refractivity contribution is -0.119. The topological polar surface area (TPSA) is 81.1 Å². The van der Waals surface area contributed by atoms with Gasteiger partial charge in [-0.25, -0.2) is 13.1 Å². The van der Waals surface area contributed by atoms with Crippen molar-refractivity contribution in [1.82, 2.24) is 14.5 Å². The van der Waals surface area contributed by atoms with Crippen molar-refractivity contribution in [2.75, 3.05) is 0 Å². The predicted molar refractivity (Wildman–Crippen MR) is 71.2 cm³/mol. The first-order chi connectivity index (χ1) is 8.97. The summed E-state index contributed by atoms with van der Waals surface area (Å²) in [5.74, 6) is -0.540. The Morgan fingerprint density at radius 2 is 2.32 bits per heavy atom. The minimum Gasteiger partial charge on any atom is -0.274 e. The molecule has 6 nitrogen and oxygen atoms in total. The second kappa shape index (κ2) is 5.54. The summed E-state index contributed by atoms with van der Waals surface area (Å²) in [5.41, 5.74) is 0.992. The Labute approximate surface area is 115 Å². The van der Waals surface area contributed by atoms with Crippen LogP contribution in [-0.4, -0.2) is 24.1 Å². The van der Waals surface area contributed by atoms with Gasteiger partial charge in [0.15, 0.2) is 0 Å². The molecule has 0 aliphatic rings. The molecule has 0 atom stereocenters. The van der Waals surface area contributed by atoms with Crippen LogP contribution in [0.2, 0.25) is 0 Å². The molecule has 2 aromatic heterocycles. The van der Waals surface area contributed by atoms with Gasteiger partial charge >= 0.3 is 0 Å². The normalized spacial score (nSPS) is 11.4. The van der Waals surface area contributed by atoms with Gasteiger partial charge in [0.25, 0.3) is 10.0 Å². The fraction of sp³-hybridized carbons (Fsp3) is 0.273. The Balaban J connectivity index is 1.91. The molecule has 0 spiro atoms. The Kier molecular flexibility index (Phi) is 4.01. The number of hydrogen-bond acceptors (Lipinski definition) is 5. The third kappa shape index (κ3) is 3.65. The summed E-state index contributed by atoms with van der Waals surface area (Å²) in [7, 11) is -3.73. The summed E-state index contributed by atoms with van der Waals surface area (Å²) in [6.45, 7) is 2.24. The van der Waals surface area contributed by atoms with Crippen LogP contribution in [0.3, 0.4) is 0 Å². The highest BCUT2D eigenvalue weighted by Crippen LogP contribution is 2.15. The highest BCUT2D eigenvalue weighted by molar-refractivity contribution is 7.92. The molecule has 2 rings (SSSR count). The molecule has 0 aliphatic heterocycles. The quantitative estimate of drug-likeness (QED) is 0.898. The average Bonchev–Trinajstić information content (AvgIpc) is 2.96. The lowest BCUT2D eigenvalue weighted by atomic mass is 10.4. The molecule has 0 aromatic carbocycles. The van der Waals surface area contributed by atoms with Gasteiger partial charge in [0.05, 0.1) is 6.20 Å². The molecule has 0 saturated carbocycles. The smallest absolute Gasteiger partial charge is 0.273 e. The van der Waals surface area contributed by atoms with Crippen LogP contribution in [-0.2, 0) is 21.4 Å². The lowest BCUT2D eigenvalue weighted by Crippen LogP contribution is -2.30. The number of sulfonamides is 1. The average molecular weight is 299 g/mol. The van der Waals surface area contributed by atoms with E-state index in [0.717, 1.165) is 16.9 Å². The second-order valence-corrected chi connectivity index (χ2v) is 6.85. The van der Waals surface area contributed by atoms with Crippen molar-refractivity contribution in [3.8, 4) is 0 Å². The number of carbonyl (C=O) groups excluding carboxylic acids is 1. The molecule has 19 heavy (non-hydrogen) atoms. The highest BCUT2D eigenvalue weighted by atomic mass is 32.2. The number of thiophene rings is 1. The van der Waals surface area contributed by atoms with Gasteiger partial charge in [0, 0.05) is 19.2 Å². The maximum absolute atomic E-state index is 11.8. The third-order valence-corrected chi connectivity index (χ3v) is 5.11. The molecule has 0 unspecified atom stereocenters. The summed E-state index contributed by atoms with van der Waals surface area (Å²) in [6.07, 6.45) is 3.53. The number of aryl methyl sites for hydroxylation is 2. The molecule has 102 valence electrons.